The summed E-state index contributed by atoms with van der Waals surface area (Å²) >= 11 is 0. The van der Waals surface area contributed by atoms with E-state index in [0.29, 0.717) is 19.6 Å². The van der Waals surface area contributed by atoms with E-state index in [2.05, 4.69) is 5.32 Å². The van der Waals surface area contributed by atoms with Crippen LogP contribution in [0, 0.1) is 5.92 Å². The van der Waals surface area contributed by atoms with E-state index in [4.69, 9.17) is 4.74 Å². The molecule has 0 bridgehead atoms. The Hall–Kier alpha value is -1.55. The fourth-order valence-corrected chi connectivity index (χ4v) is 1.81. The second kappa shape index (κ2) is 8.59. The molecule has 1 aromatic carbocycles. The number of carbonyl (C=O) groups excluding carboxylic acids is 1. The molecule has 0 saturated carbocycles. The van der Waals surface area contributed by atoms with Gasteiger partial charge in [-0.15, -0.1) is 0 Å². The van der Waals surface area contributed by atoms with Gasteiger partial charge in [-0.2, -0.15) is 0 Å². The number of nitrogens with one attached hydrogen (secondary N) is 1. The molecule has 1 rings (SSSR count). The van der Waals surface area contributed by atoms with Crippen LogP contribution in [-0.2, 0) is 11.2 Å². The maximum atomic E-state index is 11.8. The van der Waals surface area contributed by atoms with E-state index in [9.17, 15) is 9.90 Å². The Morgan fingerprint density at radius 3 is 2.50 bits per heavy atom. The van der Waals surface area contributed by atoms with E-state index in [-0.39, 0.29) is 11.8 Å². The molecule has 112 valence electrons. The van der Waals surface area contributed by atoms with E-state index < -0.39 is 6.10 Å². The summed E-state index contributed by atoms with van der Waals surface area (Å²) in [4.78, 5) is 11.8. The Morgan fingerprint density at radius 2 is 1.95 bits per heavy atom. The summed E-state index contributed by atoms with van der Waals surface area (Å²) < 4.78 is 5.35. The minimum atomic E-state index is -0.482. The number of hydrogen-bond donors (Lipinski definition) is 2. The molecule has 0 aliphatic rings. The van der Waals surface area contributed by atoms with Crippen LogP contribution in [0.15, 0.2) is 24.3 Å². The average molecular weight is 279 g/mol. The first-order valence-electron chi connectivity index (χ1n) is 7.23. The van der Waals surface area contributed by atoms with Gasteiger partial charge in [0.15, 0.2) is 0 Å². The molecule has 0 saturated heterocycles. The van der Waals surface area contributed by atoms with Gasteiger partial charge in [-0.3, -0.25) is 4.79 Å². The number of aliphatic hydroxyl groups excluding tert-OH is 1. The van der Waals surface area contributed by atoms with E-state index >= 15 is 0 Å². The molecular weight excluding hydrogens is 254 g/mol. The first kappa shape index (κ1) is 16.5. The maximum Gasteiger partial charge on any atom is 0.224 e. The number of benzene rings is 1. The van der Waals surface area contributed by atoms with Gasteiger partial charge in [0.2, 0.25) is 5.91 Å². The molecule has 20 heavy (non-hydrogen) atoms. The Morgan fingerprint density at radius 1 is 1.30 bits per heavy atom. The molecule has 4 nitrogen and oxygen atoms in total. The normalized spacial score (nSPS) is 13.6. The smallest absolute Gasteiger partial charge is 0.224 e. The van der Waals surface area contributed by atoms with Gasteiger partial charge in [0.25, 0.3) is 0 Å². The Balaban J connectivity index is 2.38. The number of amides is 1. The van der Waals surface area contributed by atoms with Crippen molar-refractivity contribution >= 4 is 5.91 Å². The van der Waals surface area contributed by atoms with Gasteiger partial charge >= 0.3 is 0 Å². The third-order valence-corrected chi connectivity index (χ3v) is 3.41. The zero-order valence-electron chi connectivity index (χ0n) is 12.6. The molecule has 2 unspecified atom stereocenters. The highest BCUT2D eigenvalue weighted by molar-refractivity contribution is 5.78. The van der Waals surface area contributed by atoms with Crippen molar-refractivity contribution in [1.29, 1.82) is 0 Å². The molecule has 0 aliphatic heterocycles. The van der Waals surface area contributed by atoms with Crippen molar-refractivity contribution in [1.82, 2.24) is 5.32 Å². The predicted octanol–water partition coefficient (Wildman–Crippen LogP) is 2.15. The van der Waals surface area contributed by atoms with E-state index in [0.717, 1.165) is 17.7 Å². The van der Waals surface area contributed by atoms with Crippen LogP contribution in [0.2, 0.25) is 0 Å². The van der Waals surface area contributed by atoms with Crippen LogP contribution in [0.25, 0.3) is 0 Å². The van der Waals surface area contributed by atoms with Crippen molar-refractivity contribution in [3.63, 3.8) is 0 Å². The zero-order valence-corrected chi connectivity index (χ0v) is 12.6. The predicted molar refractivity (Wildman–Crippen MR) is 79.8 cm³/mol. The fraction of sp³-hybridized carbons (Fsp3) is 0.562. The van der Waals surface area contributed by atoms with E-state index in [1.165, 1.54) is 0 Å². The highest BCUT2D eigenvalue weighted by Gasteiger charge is 2.13. The molecule has 4 heteroatoms. The van der Waals surface area contributed by atoms with Crippen LogP contribution in [0.5, 0.6) is 5.75 Å². The lowest BCUT2D eigenvalue weighted by Gasteiger charge is -2.17. The van der Waals surface area contributed by atoms with Gasteiger partial charge in [-0.05, 0) is 30.5 Å². The van der Waals surface area contributed by atoms with Crippen LogP contribution in [0.3, 0.4) is 0 Å². The average Bonchev–Trinajstić information content (AvgIpc) is 2.46. The molecule has 0 aliphatic carbocycles. The standard InChI is InChI=1S/C16H25NO3/c1-4-12(3)15(18)11-17-16(19)10-13-6-8-14(9-7-13)20-5-2/h6-9,12,15,18H,4-5,10-11H2,1-3H3,(H,17,19). The van der Waals surface area contributed by atoms with Crippen molar-refractivity contribution in [2.45, 2.75) is 39.7 Å². The molecular formula is C16H25NO3. The first-order valence-corrected chi connectivity index (χ1v) is 7.23. The lowest BCUT2D eigenvalue weighted by Crippen LogP contribution is -2.36. The number of aliphatic hydroxyl groups is 1. The monoisotopic (exact) mass is 279 g/mol. The van der Waals surface area contributed by atoms with Crippen molar-refractivity contribution in [3.8, 4) is 5.75 Å². The van der Waals surface area contributed by atoms with Gasteiger partial charge < -0.3 is 15.2 Å². The lowest BCUT2D eigenvalue weighted by molar-refractivity contribution is -0.121. The van der Waals surface area contributed by atoms with Gasteiger partial charge in [-0.25, -0.2) is 0 Å². The molecule has 2 N–H and O–H groups in total. The van der Waals surface area contributed by atoms with E-state index in [1.807, 2.05) is 45.0 Å². The second-order valence-corrected chi connectivity index (χ2v) is 5.01. The Bertz CT molecular complexity index is 403. The lowest BCUT2D eigenvalue weighted by atomic mass is 10.0. The molecule has 1 amide bonds. The molecule has 0 aromatic heterocycles. The van der Waals surface area contributed by atoms with Crippen molar-refractivity contribution in [2.24, 2.45) is 5.92 Å². The molecule has 0 spiro atoms. The number of carbonyl (C=O) groups is 1. The minimum Gasteiger partial charge on any atom is -0.494 e. The van der Waals surface area contributed by atoms with Gasteiger partial charge in [0, 0.05) is 6.54 Å². The number of rotatable bonds is 8. The second-order valence-electron chi connectivity index (χ2n) is 5.01. The summed E-state index contributed by atoms with van der Waals surface area (Å²) in [7, 11) is 0. The van der Waals surface area contributed by atoms with Crippen LogP contribution >= 0.6 is 0 Å². The molecule has 1 aromatic rings. The first-order chi connectivity index (χ1) is 9.56. The quantitative estimate of drug-likeness (QED) is 0.766. The molecule has 0 heterocycles. The molecule has 2 atom stereocenters. The van der Waals surface area contributed by atoms with Crippen molar-refractivity contribution in [3.05, 3.63) is 29.8 Å². The molecule has 0 radical (unpaired) electrons. The number of ether oxygens (including phenoxy) is 1. The summed E-state index contributed by atoms with van der Waals surface area (Å²) in [6.45, 7) is 6.88. The Kier molecular flexibility index (Phi) is 7.09. The topological polar surface area (TPSA) is 58.6 Å². The van der Waals surface area contributed by atoms with E-state index in [1.54, 1.807) is 0 Å². The largest absolute Gasteiger partial charge is 0.494 e. The minimum absolute atomic E-state index is 0.0727. The summed E-state index contributed by atoms with van der Waals surface area (Å²) in [6.07, 6.45) is 0.736. The third kappa shape index (κ3) is 5.61. The van der Waals surface area contributed by atoms with Crippen LogP contribution < -0.4 is 10.1 Å². The fourth-order valence-electron chi connectivity index (χ4n) is 1.81. The SMILES string of the molecule is CCOc1ccc(CC(=O)NCC(O)C(C)CC)cc1. The highest BCUT2D eigenvalue weighted by Crippen LogP contribution is 2.12. The van der Waals surface area contributed by atoms with Crippen LogP contribution in [0.4, 0.5) is 0 Å². The summed E-state index contributed by atoms with van der Waals surface area (Å²) in [5.74, 6) is 0.932. The van der Waals surface area contributed by atoms with Crippen LogP contribution in [-0.4, -0.2) is 30.3 Å². The summed E-state index contributed by atoms with van der Waals surface area (Å²) in [5.41, 5.74) is 0.934. The summed E-state index contributed by atoms with van der Waals surface area (Å²) in [5, 5.41) is 12.6. The summed E-state index contributed by atoms with van der Waals surface area (Å²) in [6, 6.07) is 7.49. The van der Waals surface area contributed by atoms with Gasteiger partial charge in [-0.1, -0.05) is 32.4 Å². The van der Waals surface area contributed by atoms with Crippen molar-refractivity contribution < 1.29 is 14.6 Å². The van der Waals surface area contributed by atoms with Crippen LogP contribution in [0.1, 0.15) is 32.8 Å². The van der Waals surface area contributed by atoms with Gasteiger partial charge in [0.05, 0.1) is 19.1 Å². The Labute approximate surface area is 121 Å². The molecule has 0 fully saturated rings. The number of hydrogen-bond acceptors (Lipinski definition) is 3. The van der Waals surface area contributed by atoms with Gasteiger partial charge in [0.1, 0.15) is 5.75 Å². The third-order valence-electron chi connectivity index (χ3n) is 3.41. The maximum absolute atomic E-state index is 11.8. The zero-order chi connectivity index (χ0) is 15.0. The van der Waals surface area contributed by atoms with Crippen molar-refractivity contribution in [2.75, 3.05) is 13.2 Å². The highest BCUT2D eigenvalue weighted by atomic mass is 16.5.